The van der Waals surface area contributed by atoms with Gasteiger partial charge in [0.15, 0.2) is 6.10 Å². The number of hydrogen-bond donors (Lipinski definition) is 3. The molecule has 2 aliphatic rings. The van der Waals surface area contributed by atoms with Crippen molar-refractivity contribution in [2.45, 2.75) is 96.7 Å². The number of ether oxygens (including phenoxy) is 2. The zero-order valence-corrected chi connectivity index (χ0v) is 26.1. The van der Waals surface area contributed by atoms with E-state index < -0.39 is 36.0 Å². The van der Waals surface area contributed by atoms with Crippen LogP contribution >= 0.6 is 0 Å². The van der Waals surface area contributed by atoms with Gasteiger partial charge in [-0.05, 0) is 43.6 Å². The lowest BCUT2D eigenvalue weighted by atomic mass is 9.83. The molecule has 3 rings (SSSR count). The fourth-order valence-electron chi connectivity index (χ4n) is 6.03. The summed E-state index contributed by atoms with van der Waals surface area (Å²) in [6.45, 7) is 7.63. The fraction of sp³-hybridized carbons (Fsp3) is 0.697. The van der Waals surface area contributed by atoms with Crippen LogP contribution in [-0.4, -0.2) is 84.8 Å². The number of carbonyl (C=O) groups is 4. The van der Waals surface area contributed by atoms with Crippen molar-refractivity contribution in [1.82, 2.24) is 15.5 Å². The number of hydrogen-bond acceptors (Lipinski definition) is 7. The van der Waals surface area contributed by atoms with Crippen LogP contribution in [0.15, 0.2) is 30.3 Å². The van der Waals surface area contributed by atoms with Crippen molar-refractivity contribution in [2.75, 3.05) is 32.9 Å². The Morgan fingerprint density at radius 3 is 2.30 bits per heavy atom. The smallest absolute Gasteiger partial charge is 0.337 e. The van der Waals surface area contributed by atoms with E-state index in [1.807, 2.05) is 44.2 Å². The minimum Gasteiger partial charge on any atom is -0.464 e. The molecule has 1 aliphatic heterocycles. The number of nitrogens with one attached hydrogen (secondary N) is 2. The summed E-state index contributed by atoms with van der Waals surface area (Å²) in [5.41, 5.74) is 0.924. The molecule has 10 nitrogen and oxygen atoms in total. The van der Waals surface area contributed by atoms with E-state index in [2.05, 4.69) is 10.6 Å². The van der Waals surface area contributed by atoms with Crippen LogP contribution in [-0.2, 0) is 35.1 Å². The van der Waals surface area contributed by atoms with Gasteiger partial charge in [0.1, 0.15) is 6.04 Å². The molecule has 1 aromatic carbocycles. The number of esters is 1. The molecule has 3 amide bonds. The minimum absolute atomic E-state index is 0.0165. The molecule has 0 bridgehead atoms. The maximum absolute atomic E-state index is 13.8. The van der Waals surface area contributed by atoms with Crippen molar-refractivity contribution in [1.29, 1.82) is 0 Å². The van der Waals surface area contributed by atoms with Gasteiger partial charge in [0.2, 0.25) is 17.7 Å². The number of amides is 3. The van der Waals surface area contributed by atoms with Gasteiger partial charge in [0.25, 0.3) is 0 Å². The van der Waals surface area contributed by atoms with Crippen LogP contribution in [0.1, 0.15) is 77.7 Å². The van der Waals surface area contributed by atoms with Gasteiger partial charge in [-0.1, -0.05) is 76.3 Å². The molecule has 1 saturated carbocycles. The van der Waals surface area contributed by atoms with E-state index in [4.69, 9.17) is 9.47 Å². The molecule has 240 valence electrons. The quantitative estimate of drug-likeness (QED) is 0.263. The molecule has 2 fully saturated rings. The fourth-order valence-corrected chi connectivity index (χ4v) is 6.03. The number of nitrogens with zero attached hydrogens (tertiary/aromatic N) is 1. The molecule has 1 heterocycles. The van der Waals surface area contributed by atoms with Gasteiger partial charge >= 0.3 is 5.97 Å². The van der Waals surface area contributed by atoms with E-state index in [0.29, 0.717) is 45.6 Å². The predicted molar refractivity (Wildman–Crippen MR) is 163 cm³/mol. The largest absolute Gasteiger partial charge is 0.464 e. The highest BCUT2D eigenvalue weighted by atomic mass is 16.5. The molecule has 4 atom stereocenters. The number of carbonyl (C=O) groups excluding carboxylic acids is 4. The lowest BCUT2D eigenvalue weighted by molar-refractivity contribution is -0.155. The summed E-state index contributed by atoms with van der Waals surface area (Å²) in [4.78, 5) is 54.9. The second-order valence-electron chi connectivity index (χ2n) is 12.3. The summed E-state index contributed by atoms with van der Waals surface area (Å²) in [7, 11) is 0. The van der Waals surface area contributed by atoms with Crippen LogP contribution in [0.2, 0.25) is 0 Å². The van der Waals surface area contributed by atoms with Crippen LogP contribution in [0.5, 0.6) is 0 Å². The number of benzene rings is 1. The first-order chi connectivity index (χ1) is 20.7. The highest BCUT2D eigenvalue weighted by Gasteiger charge is 2.35. The van der Waals surface area contributed by atoms with Crippen molar-refractivity contribution >= 4 is 23.7 Å². The van der Waals surface area contributed by atoms with Crippen molar-refractivity contribution in [2.24, 2.45) is 17.8 Å². The van der Waals surface area contributed by atoms with Crippen molar-refractivity contribution in [3.05, 3.63) is 35.9 Å². The standard InChI is InChI=1S/C33H51N3O7/c1-4-43-33(41)30(38)27(21-25-13-9-6-10-14-25)34-32(40)28(19-23(2)3)35-31(39)26(20-24-11-7-5-8-12-24)22-29(37)36-15-17-42-18-16-36/h5,7-8,11-12,23,25-28,30,38H,4,6,9-10,13-22H2,1-3H3,(H,34,40)(H,35,39)/t26-,27+,28-,30-/m0/s1. The van der Waals surface area contributed by atoms with Crippen LogP contribution in [0.4, 0.5) is 0 Å². The second kappa shape index (κ2) is 18.0. The van der Waals surface area contributed by atoms with Crippen LogP contribution in [0, 0.1) is 17.8 Å². The van der Waals surface area contributed by atoms with Crippen molar-refractivity contribution in [3.8, 4) is 0 Å². The molecule has 1 saturated heterocycles. The summed E-state index contributed by atoms with van der Waals surface area (Å²) < 4.78 is 10.4. The second-order valence-corrected chi connectivity index (χ2v) is 12.3. The van der Waals surface area contributed by atoms with Gasteiger partial charge in [-0.15, -0.1) is 0 Å². The van der Waals surface area contributed by atoms with E-state index in [0.717, 1.165) is 37.7 Å². The van der Waals surface area contributed by atoms with Crippen LogP contribution < -0.4 is 10.6 Å². The molecule has 0 aromatic heterocycles. The summed E-state index contributed by atoms with van der Waals surface area (Å²) in [6, 6.07) is 7.80. The van der Waals surface area contributed by atoms with E-state index in [9.17, 15) is 24.3 Å². The summed E-state index contributed by atoms with van der Waals surface area (Å²) in [6.07, 6.45) is 4.97. The third-order valence-corrected chi connectivity index (χ3v) is 8.37. The van der Waals surface area contributed by atoms with Crippen LogP contribution in [0.25, 0.3) is 0 Å². The maximum Gasteiger partial charge on any atom is 0.337 e. The SMILES string of the molecule is CCOC(=O)[C@@H](O)[C@@H](CC1CCCCC1)NC(=O)[C@H](CC(C)C)NC(=O)[C@H](CC(=O)N1CCOCC1)Cc1ccccc1. The minimum atomic E-state index is -1.50. The normalized spacial score (nSPS) is 18.8. The molecule has 0 unspecified atom stereocenters. The van der Waals surface area contributed by atoms with E-state index >= 15 is 0 Å². The number of morpholine rings is 1. The molecule has 10 heteroatoms. The predicted octanol–water partition coefficient (Wildman–Crippen LogP) is 3.00. The Morgan fingerprint density at radius 1 is 1.00 bits per heavy atom. The molecular formula is C33H51N3O7. The van der Waals surface area contributed by atoms with Crippen molar-refractivity contribution in [3.63, 3.8) is 0 Å². The molecular weight excluding hydrogens is 550 g/mol. The van der Waals surface area contributed by atoms with Gasteiger partial charge in [-0.25, -0.2) is 4.79 Å². The highest BCUT2D eigenvalue weighted by molar-refractivity contribution is 5.91. The van der Waals surface area contributed by atoms with Gasteiger partial charge in [0, 0.05) is 19.5 Å². The molecule has 1 aliphatic carbocycles. The maximum atomic E-state index is 13.8. The Labute approximate surface area is 256 Å². The zero-order chi connectivity index (χ0) is 31.2. The first kappa shape index (κ1) is 34.5. The molecule has 43 heavy (non-hydrogen) atoms. The lowest BCUT2D eigenvalue weighted by Gasteiger charge is -2.31. The average Bonchev–Trinajstić information content (AvgIpc) is 3.01. The topological polar surface area (TPSA) is 134 Å². The number of rotatable bonds is 15. The first-order valence-electron chi connectivity index (χ1n) is 16.0. The van der Waals surface area contributed by atoms with Crippen molar-refractivity contribution < 1.29 is 33.8 Å². The molecule has 0 spiro atoms. The van der Waals surface area contributed by atoms with E-state index in [1.165, 1.54) is 0 Å². The van der Waals surface area contributed by atoms with Crippen LogP contribution in [0.3, 0.4) is 0 Å². The third kappa shape index (κ3) is 11.6. The molecule has 1 aromatic rings. The third-order valence-electron chi connectivity index (χ3n) is 8.37. The van der Waals surface area contributed by atoms with Gasteiger partial charge in [-0.2, -0.15) is 0 Å². The molecule has 3 N–H and O–H groups in total. The zero-order valence-electron chi connectivity index (χ0n) is 26.1. The summed E-state index contributed by atoms with van der Waals surface area (Å²) in [5.74, 6) is -2.03. The highest BCUT2D eigenvalue weighted by Crippen LogP contribution is 2.28. The average molecular weight is 602 g/mol. The van der Waals surface area contributed by atoms with Gasteiger partial charge in [-0.3, -0.25) is 14.4 Å². The Hall–Kier alpha value is -2.98. The first-order valence-corrected chi connectivity index (χ1v) is 16.0. The molecule has 0 radical (unpaired) electrons. The number of aliphatic hydroxyl groups excluding tert-OH is 1. The Kier molecular flexibility index (Phi) is 14.4. The Bertz CT molecular complexity index is 1020. The van der Waals surface area contributed by atoms with E-state index in [-0.39, 0.29) is 36.7 Å². The Morgan fingerprint density at radius 2 is 1.67 bits per heavy atom. The van der Waals surface area contributed by atoms with E-state index in [1.54, 1.807) is 11.8 Å². The lowest BCUT2D eigenvalue weighted by Crippen LogP contribution is -2.56. The number of aliphatic hydroxyl groups is 1. The Balaban J connectivity index is 1.76. The van der Waals surface area contributed by atoms with Gasteiger partial charge < -0.3 is 30.1 Å². The summed E-state index contributed by atoms with van der Waals surface area (Å²) >= 11 is 0. The monoisotopic (exact) mass is 601 g/mol. The van der Waals surface area contributed by atoms with Gasteiger partial charge in [0.05, 0.1) is 31.8 Å². The summed E-state index contributed by atoms with van der Waals surface area (Å²) in [5, 5.41) is 16.7.